The van der Waals surface area contributed by atoms with Gasteiger partial charge in [-0.25, -0.2) is 13.1 Å². The Balaban J connectivity index is 2.57. The normalized spacial score (nSPS) is 12.0. The Labute approximate surface area is 134 Å². The molecule has 1 aromatic rings. The molecular formula is C13H23BrN2O4S. The number of nitrogens with one attached hydrogen (secondary N) is 2. The maximum atomic E-state index is 12.2. The van der Waals surface area contributed by atoms with Gasteiger partial charge in [-0.2, -0.15) is 0 Å². The van der Waals surface area contributed by atoms with Crippen molar-refractivity contribution >= 4 is 26.0 Å². The zero-order valence-electron chi connectivity index (χ0n) is 12.4. The number of hydrogen-bond donors (Lipinski definition) is 2. The molecule has 0 saturated carbocycles. The second-order valence-corrected chi connectivity index (χ2v) is 7.08. The zero-order valence-corrected chi connectivity index (χ0v) is 14.8. The third-order valence-corrected chi connectivity index (χ3v) is 5.11. The van der Waals surface area contributed by atoms with Gasteiger partial charge in [-0.3, -0.25) is 0 Å². The van der Waals surface area contributed by atoms with Crippen molar-refractivity contribution in [3.63, 3.8) is 0 Å². The molecule has 0 bridgehead atoms. The number of furan rings is 1. The summed E-state index contributed by atoms with van der Waals surface area (Å²) in [7, 11) is -1.92. The number of unbranched alkanes of at least 4 members (excludes halogenated alkanes) is 1. The summed E-state index contributed by atoms with van der Waals surface area (Å²) in [5.74, 6) is 0.593. The summed E-state index contributed by atoms with van der Waals surface area (Å²) in [5, 5.41) is 3.17. The lowest BCUT2D eigenvalue weighted by Crippen LogP contribution is -2.25. The standard InChI is InChI=1S/C13H23BrN2O4S/c1-3-6-15-10-11-9-12(13(14)20-11)21(17,18)16-7-4-5-8-19-2/h9,15-16H,3-8,10H2,1-2H3. The van der Waals surface area contributed by atoms with Gasteiger partial charge < -0.3 is 14.5 Å². The lowest BCUT2D eigenvalue weighted by molar-refractivity contribution is 0.193. The number of rotatable bonds is 11. The molecular weight excluding hydrogens is 360 g/mol. The molecule has 1 heterocycles. The molecule has 0 fully saturated rings. The second-order valence-electron chi connectivity index (χ2n) is 4.63. The van der Waals surface area contributed by atoms with Crippen LogP contribution in [-0.4, -0.2) is 35.2 Å². The maximum absolute atomic E-state index is 12.2. The van der Waals surface area contributed by atoms with E-state index in [-0.39, 0.29) is 9.56 Å². The van der Waals surface area contributed by atoms with E-state index >= 15 is 0 Å². The molecule has 0 spiro atoms. The Morgan fingerprint density at radius 2 is 2.10 bits per heavy atom. The quantitative estimate of drug-likeness (QED) is 0.573. The van der Waals surface area contributed by atoms with E-state index in [1.807, 2.05) is 0 Å². The van der Waals surface area contributed by atoms with Crippen LogP contribution >= 0.6 is 15.9 Å². The SMILES string of the molecule is CCCNCc1cc(S(=O)(=O)NCCCCOC)c(Br)o1. The topological polar surface area (TPSA) is 80.6 Å². The van der Waals surface area contributed by atoms with Crippen molar-refractivity contribution in [2.45, 2.75) is 37.6 Å². The lowest BCUT2D eigenvalue weighted by Gasteiger charge is -2.04. The summed E-state index contributed by atoms with van der Waals surface area (Å²) >= 11 is 3.16. The van der Waals surface area contributed by atoms with Gasteiger partial charge in [0.1, 0.15) is 10.7 Å². The van der Waals surface area contributed by atoms with Gasteiger partial charge in [0.2, 0.25) is 10.0 Å². The number of sulfonamides is 1. The highest BCUT2D eigenvalue weighted by molar-refractivity contribution is 9.10. The first-order valence-corrected chi connectivity index (χ1v) is 9.26. The molecule has 0 saturated heterocycles. The lowest BCUT2D eigenvalue weighted by atomic mass is 10.3. The average Bonchev–Trinajstić information content (AvgIpc) is 2.81. The van der Waals surface area contributed by atoms with Crippen LogP contribution in [0.25, 0.3) is 0 Å². The largest absolute Gasteiger partial charge is 0.452 e. The van der Waals surface area contributed by atoms with Crippen molar-refractivity contribution in [2.24, 2.45) is 0 Å². The highest BCUT2D eigenvalue weighted by Crippen LogP contribution is 2.26. The predicted octanol–water partition coefficient (Wildman–Crippen LogP) is 2.25. The molecule has 0 radical (unpaired) electrons. The Kier molecular flexibility index (Phi) is 8.50. The Morgan fingerprint density at radius 1 is 1.33 bits per heavy atom. The fourth-order valence-electron chi connectivity index (χ4n) is 1.71. The van der Waals surface area contributed by atoms with Crippen molar-refractivity contribution in [3.8, 4) is 0 Å². The van der Waals surface area contributed by atoms with Crippen molar-refractivity contribution in [1.29, 1.82) is 0 Å². The van der Waals surface area contributed by atoms with Crippen molar-refractivity contribution in [2.75, 3.05) is 26.8 Å². The molecule has 21 heavy (non-hydrogen) atoms. The summed E-state index contributed by atoms with van der Waals surface area (Å²) in [6, 6.07) is 1.55. The van der Waals surface area contributed by atoms with Crippen LogP contribution in [0.15, 0.2) is 20.0 Å². The van der Waals surface area contributed by atoms with Crippen LogP contribution in [0.1, 0.15) is 31.9 Å². The molecule has 8 heteroatoms. The van der Waals surface area contributed by atoms with E-state index in [2.05, 4.69) is 32.9 Å². The van der Waals surface area contributed by atoms with Crippen LogP contribution in [0, 0.1) is 0 Å². The van der Waals surface area contributed by atoms with Crippen molar-refractivity contribution in [1.82, 2.24) is 10.0 Å². The average molecular weight is 383 g/mol. The molecule has 0 aliphatic carbocycles. The highest BCUT2D eigenvalue weighted by atomic mass is 79.9. The first-order valence-electron chi connectivity index (χ1n) is 6.98. The van der Waals surface area contributed by atoms with Crippen LogP contribution in [-0.2, 0) is 21.3 Å². The Morgan fingerprint density at radius 3 is 2.76 bits per heavy atom. The molecule has 0 amide bonds. The van der Waals surface area contributed by atoms with Gasteiger partial charge in [0.15, 0.2) is 4.67 Å². The Hall–Kier alpha value is -0.410. The van der Waals surface area contributed by atoms with Crippen LogP contribution < -0.4 is 10.0 Å². The Bertz CT molecular complexity index is 516. The van der Waals surface area contributed by atoms with Gasteiger partial charge in [0.05, 0.1) is 6.54 Å². The summed E-state index contributed by atoms with van der Waals surface area (Å²) in [4.78, 5) is 0.141. The number of methoxy groups -OCH3 is 1. The van der Waals surface area contributed by atoms with Gasteiger partial charge in [-0.1, -0.05) is 6.92 Å². The molecule has 2 N–H and O–H groups in total. The van der Waals surface area contributed by atoms with Crippen LogP contribution in [0.3, 0.4) is 0 Å². The summed E-state index contributed by atoms with van der Waals surface area (Å²) in [6.45, 7) is 4.44. The molecule has 0 aliphatic heterocycles. The van der Waals surface area contributed by atoms with E-state index in [1.54, 1.807) is 13.2 Å². The monoisotopic (exact) mass is 382 g/mol. The molecule has 122 valence electrons. The summed E-state index contributed by atoms with van der Waals surface area (Å²) in [6.07, 6.45) is 2.56. The third-order valence-electron chi connectivity index (χ3n) is 2.79. The molecule has 1 rings (SSSR count). The van der Waals surface area contributed by atoms with Crippen LogP contribution in [0.5, 0.6) is 0 Å². The minimum Gasteiger partial charge on any atom is -0.452 e. The molecule has 0 aliphatic rings. The smallest absolute Gasteiger partial charge is 0.244 e. The second kappa shape index (κ2) is 9.58. The predicted molar refractivity (Wildman–Crippen MR) is 84.7 cm³/mol. The number of ether oxygens (including phenoxy) is 1. The molecule has 0 atom stereocenters. The number of halogens is 1. The maximum Gasteiger partial charge on any atom is 0.244 e. The van der Waals surface area contributed by atoms with Gasteiger partial charge in [0.25, 0.3) is 0 Å². The van der Waals surface area contributed by atoms with Crippen molar-refractivity contribution < 1.29 is 17.6 Å². The zero-order chi connectivity index (χ0) is 15.7. The third kappa shape index (κ3) is 6.48. The van der Waals surface area contributed by atoms with Gasteiger partial charge in [-0.05, 0) is 41.7 Å². The van der Waals surface area contributed by atoms with E-state index in [4.69, 9.17) is 9.15 Å². The van der Waals surface area contributed by atoms with Crippen LogP contribution in [0.2, 0.25) is 0 Å². The van der Waals surface area contributed by atoms with Crippen molar-refractivity contribution in [3.05, 3.63) is 16.5 Å². The molecule has 0 aromatic carbocycles. The van der Waals surface area contributed by atoms with Gasteiger partial charge in [0, 0.05) is 26.3 Å². The molecule has 0 unspecified atom stereocenters. The van der Waals surface area contributed by atoms with E-state index in [9.17, 15) is 8.42 Å². The van der Waals surface area contributed by atoms with Gasteiger partial charge >= 0.3 is 0 Å². The van der Waals surface area contributed by atoms with E-state index < -0.39 is 10.0 Å². The van der Waals surface area contributed by atoms with E-state index in [0.717, 1.165) is 25.8 Å². The first-order chi connectivity index (χ1) is 10.0. The molecule has 6 nitrogen and oxygen atoms in total. The summed E-state index contributed by atoms with van der Waals surface area (Å²) < 4.78 is 37.5. The van der Waals surface area contributed by atoms with E-state index in [0.29, 0.717) is 25.5 Å². The van der Waals surface area contributed by atoms with Crippen LogP contribution in [0.4, 0.5) is 0 Å². The highest BCUT2D eigenvalue weighted by Gasteiger charge is 2.21. The van der Waals surface area contributed by atoms with Gasteiger partial charge in [-0.15, -0.1) is 0 Å². The minimum atomic E-state index is -3.55. The minimum absolute atomic E-state index is 0.141. The first kappa shape index (κ1) is 18.6. The summed E-state index contributed by atoms with van der Waals surface area (Å²) in [5.41, 5.74) is 0. The number of hydrogen-bond acceptors (Lipinski definition) is 5. The fraction of sp³-hybridized carbons (Fsp3) is 0.692. The fourth-order valence-corrected chi connectivity index (χ4v) is 3.78. The van der Waals surface area contributed by atoms with E-state index in [1.165, 1.54) is 0 Å². The molecule has 1 aromatic heterocycles.